The minimum atomic E-state index is 1.24. The molecule has 0 unspecified atom stereocenters. The molecule has 0 bridgehead atoms. The second kappa shape index (κ2) is 3.65. The van der Waals surface area contributed by atoms with Crippen LogP contribution in [-0.4, -0.2) is 22.9 Å². The van der Waals surface area contributed by atoms with Gasteiger partial charge in [-0.15, -0.1) is 0 Å². The third-order valence-electron chi connectivity index (χ3n) is 2.30. The van der Waals surface area contributed by atoms with E-state index in [1.54, 1.807) is 0 Å². The van der Waals surface area contributed by atoms with Crippen molar-refractivity contribution < 1.29 is 0 Å². The zero-order valence-electron chi connectivity index (χ0n) is 7.45. The van der Waals surface area contributed by atoms with Gasteiger partial charge in [0.1, 0.15) is 0 Å². The highest BCUT2D eigenvalue weighted by molar-refractivity contribution is 5.00. The Morgan fingerprint density at radius 3 is 1.33 bits per heavy atom. The molecule has 0 aromatic carbocycles. The quantitative estimate of drug-likeness (QED) is 0.532. The number of rotatable bonds is 7. The van der Waals surface area contributed by atoms with E-state index in [2.05, 4.69) is 34.6 Å². The lowest BCUT2D eigenvalue weighted by Crippen LogP contribution is -2.00. The van der Waals surface area contributed by atoms with E-state index in [0.717, 1.165) is 0 Å². The van der Waals surface area contributed by atoms with Crippen LogP contribution in [0.5, 0.6) is 0 Å². The van der Waals surface area contributed by atoms with Crippen LogP contribution >= 0.6 is 0 Å². The van der Waals surface area contributed by atoms with Gasteiger partial charge in [-0.25, -0.2) is 0 Å². The summed E-state index contributed by atoms with van der Waals surface area (Å²) in [5, 5.41) is 0. The molecule has 0 amide bonds. The van der Waals surface area contributed by atoms with Gasteiger partial charge in [-0.3, -0.25) is 0 Å². The Balaban J connectivity index is 1.31. The molecule has 0 aromatic heterocycles. The molecule has 0 spiro atoms. The highest BCUT2D eigenvalue weighted by Gasteiger charge is 2.05. The molecule has 0 fully saturated rings. The van der Waals surface area contributed by atoms with Crippen molar-refractivity contribution in [3.05, 3.63) is 24.8 Å². The predicted molar refractivity (Wildman–Crippen MR) is 50.2 cm³/mol. The van der Waals surface area contributed by atoms with Crippen LogP contribution in [-0.2, 0) is 0 Å². The standard InChI is InChI=1S/C10H16N2/c1(3-5-11-7-8-11)2-4-6-12-9-10-12/h7-10H,1-6H2. The Morgan fingerprint density at radius 2 is 1.00 bits per heavy atom. The number of nitrogens with zero attached hydrogens (tertiary/aromatic N) is 2. The summed E-state index contributed by atoms with van der Waals surface area (Å²) in [6, 6.07) is 0. The maximum Gasteiger partial charge on any atom is 0.0220 e. The van der Waals surface area contributed by atoms with E-state index in [1.165, 1.54) is 38.8 Å². The van der Waals surface area contributed by atoms with Crippen LogP contribution in [0.2, 0.25) is 0 Å². The van der Waals surface area contributed by atoms with E-state index >= 15 is 0 Å². The molecule has 2 aliphatic heterocycles. The number of hydrogen-bond acceptors (Lipinski definition) is 2. The maximum absolute atomic E-state index is 2.26. The average molecular weight is 164 g/mol. The summed E-state index contributed by atoms with van der Waals surface area (Å²) in [7, 11) is 0. The van der Waals surface area contributed by atoms with Crippen molar-refractivity contribution in [2.75, 3.05) is 13.1 Å². The summed E-state index contributed by atoms with van der Waals surface area (Å²) >= 11 is 0. The molecular weight excluding hydrogens is 148 g/mol. The molecule has 0 saturated heterocycles. The first-order valence-corrected chi connectivity index (χ1v) is 4.83. The second-order valence-electron chi connectivity index (χ2n) is 3.49. The topological polar surface area (TPSA) is 6.02 Å². The predicted octanol–water partition coefficient (Wildman–Crippen LogP) is 2.12. The van der Waals surface area contributed by atoms with Gasteiger partial charge in [0.25, 0.3) is 0 Å². The van der Waals surface area contributed by atoms with E-state index in [9.17, 15) is 0 Å². The summed E-state index contributed by atoms with van der Waals surface area (Å²) < 4.78 is 0. The molecule has 0 radical (unpaired) electrons. The minimum Gasteiger partial charge on any atom is -0.351 e. The molecule has 0 atom stereocenters. The van der Waals surface area contributed by atoms with Crippen molar-refractivity contribution in [2.24, 2.45) is 0 Å². The molecule has 2 aliphatic rings. The lowest BCUT2D eigenvalue weighted by molar-refractivity contribution is 0.503. The van der Waals surface area contributed by atoms with Gasteiger partial charge in [0.2, 0.25) is 0 Å². The molecule has 0 saturated carbocycles. The average Bonchev–Trinajstić information content (AvgIpc) is 2.89. The van der Waals surface area contributed by atoms with Crippen molar-refractivity contribution in [1.29, 1.82) is 0 Å². The Morgan fingerprint density at radius 1 is 0.583 bits per heavy atom. The Kier molecular flexibility index (Phi) is 2.35. The largest absolute Gasteiger partial charge is 0.351 e. The van der Waals surface area contributed by atoms with Crippen LogP contribution < -0.4 is 0 Å². The SMILES string of the molecule is C1=CN1CCCCCCN1C=C1. The molecule has 2 heteroatoms. The monoisotopic (exact) mass is 164 g/mol. The first-order valence-electron chi connectivity index (χ1n) is 4.83. The smallest absolute Gasteiger partial charge is 0.0220 e. The molecule has 2 nitrogen and oxygen atoms in total. The summed E-state index contributed by atoms with van der Waals surface area (Å²) in [6.45, 7) is 2.48. The zero-order chi connectivity index (χ0) is 8.23. The Labute approximate surface area is 74.2 Å². The molecule has 2 rings (SSSR count). The van der Waals surface area contributed by atoms with E-state index in [1.807, 2.05) is 0 Å². The van der Waals surface area contributed by atoms with E-state index < -0.39 is 0 Å². The lowest BCUT2D eigenvalue weighted by atomic mass is 10.2. The van der Waals surface area contributed by atoms with Crippen molar-refractivity contribution in [2.45, 2.75) is 25.7 Å². The Bertz CT molecular complexity index is 162. The molecule has 0 N–H and O–H groups in total. The van der Waals surface area contributed by atoms with Gasteiger partial charge in [-0.1, -0.05) is 12.8 Å². The van der Waals surface area contributed by atoms with Gasteiger partial charge in [0.15, 0.2) is 0 Å². The van der Waals surface area contributed by atoms with Crippen LogP contribution in [0.25, 0.3) is 0 Å². The zero-order valence-corrected chi connectivity index (χ0v) is 7.45. The fourth-order valence-electron chi connectivity index (χ4n) is 1.33. The van der Waals surface area contributed by atoms with Gasteiger partial charge in [-0.2, -0.15) is 0 Å². The van der Waals surface area contributed by atoms with Crippen LogP contribution in [0.3, 0.4) is 0 Å². The van der Waals surface area contributed by atoms with Crippen LogP contribution in [0.15, 0.2) is 24.8 Å². The molecular formula is C10H16N2. The lowest BCUT2D eigenvalue weighted by Gasteiger charge is -2.03. The van der Waals surface area contributed by atoms with E-state index in [4.69, 9.17) is 0 Å². The van der Waals surface area contributed by atoms with Crippen molar-refractivity contribution in [3.8, 4) is 0 Å². The molecule has 0 aliphatic carbocycles. The summed E-state index contributed by atoms with van der Waals surface area (Å²) in [5.41, 5.74) is 0. The Hall–Kier alpha value is -0.920. The summed E-state index contributed by atoms with van der Waals surface area (Å²) in [5.74, 6) is 0. The minimum absolute atomic E-state index is 1.24. The highest BCUT2D eigenvalue weighted by atomic mass is 15.2. The van der Waals surface area contributed by atoms with Gasteiger partial charge >= 0.3 is 0 Å². The van der Waals surface area contributed by atoms with Crippen molar-refractivity contribution in [1.82, 2.24) is 9.80 Å². The molecule has 12 heavy (non-hydrogen) atoms. The molecule has 66 valence electrons. The third-order valence-corrected chi connectivity index (χ3v) is 2.30. The molecule has 2 heterocycles. The van der Waals surface area contributed by atoms with Crippen molar-refractivity contribution in [3.63, 3.8) is 0 Å². The fourth-order valence-corrected chi connectivity index (χ4v) is 1.33. The first-order chi connectivity index (χ1) is 5.95. The van der Waals surface area contributed by atoms with Gasteiger partial charge in [-0.05, 0) is 12.8 Å². The summed E-state index contributed by atoms with van der Waals surface area (Å²) in [6.07, 6.45) is 14.0. The van der Waals surface area contributed by atoms with Gasteiger partial charge in [0.05, 0.1) is 0 Å². The van der Waals surface area contributed by atoms with Gasteiger partial charge < -0.3 is 9.80 Å². The number of unbranched alkanes of at least 4 members (excludes halogenated alkanes) is 3. The summed E-state index contributed by atoms with van der Waals surface area (Å²) in [4.78, 5) is 4.51. The van der Waals surface area contributed by atoms with Gasteiger partial charge in [0, 0.05) is 37.9 Å². The van der Waals surface area contributed by atoms with E-state index in [0.29, 0.717) is 0 Å². The fraction of sp³-hybridized carbons (Fsp3) is 0.600. The first kappa shape index (κ1) is 7.71. The van der Waals surface area contributed by atoms with Crippen LogP contribution in [0.1, 0.15) is 25.7 Å². The van der Waals surface area contributed by atoms with Crippen LogP contribution in [0, 0.1) is 0 Å². The normalized spacial score (nSPS) is 17.3. The van der Waals surface area contributed by atoms with Crippen molar-refractivity contribution >= 4 is 0 Å². The third kappa shape index (κ3) is 2.99. The van der Waals surface area contributed by atoms with Crippen LogP contribution in [0.4, 0.5) is 0 Å². The second-order valence-corrected chi connectivity index (χ2v) is 3.49. The maximum atomic E-state index is 2.26. The molecule has 0 aromatic rings. The van der Waals surface area contributed by atoms with E-state index in [-0.39, 0.29) is 0 Å². The highest BCUT2D eigenvalue weighted by Crippen LogP contribution is 2.11. The number of hydrogen-bond donors (Lipinski definition) is 0.